The van der Waals surface area contributed by atoms with Gasteiger partial charge < -0.3 is 15.2 Å². The highest BCUT2D eigenvalue weighted by molar-refractivity contribution is 9.10. The molecule has 2 N–H and O–H groups in total. The first-order chi connectivity index (χ1) is 7.65. The molecule has 0 aromatic carbocycles. The summed E-state index contributed by atoms with van der Waals surface area (Å²) in [4.78, 5) is 8.47. The Bertz CT molecular complexity index is 336. The molecule has 1 heterocycles. The van der Waals surface area contributed by atoms with Gasteiger partial charge in [-0.1, -0.05) is 6.92 Å². The Morgan fingerprint density at radius 3 is 2.94 bits per heavy atom. The zero-order valence-corrected chi connectivity index (χ0v) is 11.0. The van der Waals surface area contributed by atoms with Crippen LogP contribution in [0.1, 0.15) is 12.7 Å². The van der Waals surface area contributed by atoms with Crippen molar-refractivity contribution in [2.45, 2.75) is 19.4 Å². The molecule has 0 aliphatic carbocycles. The number of hydrogen-bond acceptors (Lipinski definition) is 5. The van der Waals surface area contributed by atoms with Crippen LogP contribution in [0.4, 0.5) is 5.82 Å². The monoisotopic (exact) mass is 289 g/mol. The van der Waals surface area contributed by atoms with Gasteiger partial charge in [-0.25, -0.2) is 9.97 Å². The fraction of sp³-hybridized carbons (Fsp3) is 0.600. The number of aromatic nitrogens is 2. The van der Waals surface area contributed by atoms with Crippen molar-refractivity contribution in [1.82, 2.24) is 9.97 Å². The standard InChI is InChI=1S/C10H16BrN3O2/c1-3-9-13-8(11)4-10(14-9)12-5-7(15)6-16-2/h4,7,15H,3,5-6H2,1-2H3,(H,12,13,14). The summed E-state index contributed by atoms with van der Waals surface area (Å²) in [5.41, 5.74) is 0. The van der Waals surface area contributed by atoms with Crippen LogP contribution < -0.4 is 5.32 Å². The van der Waals surface area contributed by atoms with E-state index in [0.717, 1.165) is 16.8 Å². The van der Waals surface area contributed by atoms with Crippen molar-refractivity contribution >= 4 is 21.7 Å². The lowest BCUT2D eigenvalue weighted by molar-refractivity contribution is 0.0727. The highest BCUT2D eigenvalue weighted by atomic mass is 79.9. The smallest absolute Gasteiger partial charge is 0.131 e. The lowest BCUT2D eigenvalue weighted by atomic mass is 10.3. The molecule has 0 fully saturated rings. The number of nitrogens with one attached hydrogen (secondary N) is 1. The SMILES string of the molecule is CCc1nc(Br)cc(NCC(O)COC)n1. The molecule has 5 nitrogen and oxygen atoms in total. The van der Waals surface area contributed by atoms with Crippen molar-refractivity contribution in [2.75, 3.05) is 25.6 Å². The van der Waals surface area contributed by atoms with Gasteiger partial charge in [0.1, 0.15) is 16.2 Å². The van der Waals surface area contributed by atoms with Gasteiger partial charge in [0.25, 0.3) is 0 Å². The van der Waals surface area contributed by atoms with E-state index < -0.39 is 6.10 Å². The summed E-state index contributed by atoms with van der Waals surface area (Å²) < 4.78 is 5.57. The van der Waals surface area contributed by atoms with Crippen LogP contribution >= 0.6 is 15.9 Å². The molecule has 0 aliphatic heterocycles. The van der Waals surface area contributed by atoms with Gasteiger partial charge in [0, 0.05) is 26.1 Å². The average Bonchev–Trinajstić information content (AvgIpc) is 2.26. The van der Waals surface area contributed by atoms with Crippen molar-refractivity contribution in [2.24, 2.45) is 0 Å². The number of aliphatic hydroxyl groups is 1. The molecule has 1 rings (SSSR count). The van der Waals surface area contributed by atoms with Crippen LogP contribution in [-0.2, 0) is 11.2 Å². The Hall–Kier alpha value is -0.720. The minimum Gasteiger partial charge on any atom is -0.389 e. The molecular weight excluding hydrogens is 274 g/mol. The summed E-state index contributed by atoms with van der Waals surface area (Å²) in [6, 6.07) is 1.78. The Morgan fingerprint density at radius 1 is 1.56 bits per heavy atom. The molecule has 1 aromatic heterocycles. The first-order valence-electron chi connectivity index (χ1n) is 5.10. The normalized spacial score (nSPS) is 12.5. The van der Waals surface area contributed by atoms with Crippen LogP contribution in [-0.4, -0.2) is 41.4 Å². The molecule has 1 atom stereocenters. The molecule has 16 heavy (non-hydrogen) atoms. The minimum absolute atomic E-state index is 0.305. The van der Waals surface area contributed by atoms with E-state index in [1.807, 2.05) is 6.92 Å². The van der Waals surface area contributed by atoms with Crippen LogP contribution in [0, 0.1) is 0 Å². The molecule has 0 saturated carbocycles. The van der Waals surface area contributed by atoms with Gasteiger partial charge in [-0.15, -0.1) is 0 Å². The van der Waals surface area contributed by atoms with Crippen molar-refractivity contribution in [3.8, 4) is 0 Å². The molecule has 1 aromatic rings. The van der Waals surface area contributed by atoms with E-state index in [9.17, 15) is 5.11 Å². The predicted octanol–water partition coefficient (Wildman–Crippen LogP) is 1.22. The molecule has 0 bridgehead atoms. The predicted molar refractivity (Wildman–Crippen MR) is 65.5 cm³/mol. The lowest BCUT2D eigenvalue weighted by Crippen LogP contribution is -2.24. The molecule has 90 valence electrons. The minimum atomic E-state index is -0.538. The molecule has 0 saturated heterocycles. The third-order valence-corrected chi connectivity index (χ3v) is 2.34. The van der Waals surface area contributed by atoms with Crippen molar-refractivity contribution in [1.29, 1.82) is 0 Å². The highest BCUT2D eigenvalue weighted by Gasteiger charge is 2.05. The Labute approximate surface area is 103 Å². The quantitative estimate of drug-likeness (QED) is 0.771. The van der Waals surface area contributed by atoms with E-state index >= 15 is 0 Å². The topological polar surface area (TPSA) is 67.3 Å². The fourth-order valence-electron chi connectivity index (χ4n) is 1.19. The van der Waals surface area contributed by atoms with Gasteiger partial charge in [-0.05, 0) is 15.9 Å². The maximum absolute atomic E-state index is 9.46. The Morgan fingerprint density at radius 2 is 2.31 bits per heavy atom. The van der Waals surface area contributed by atoms with Crippen LogP contribution in [0.15, 0.2) is 10.7 Å². The first kappa shape index (κ1) is 13.3. The highest BCUT2D eigenvalue weighted by Crippen LogP contribution is 2.12. The number of methoxy groups -OCH3 is 1. The molecule has 1 unspecified atom stereocenters. The summed E-state index contributed by atoms with van der Waals surface area (Å²) >= 11 is 3.31. The summed E-state index contributed by atoms with van der Waals surface area (Å²) in [6.07, 6.45) is 0.234. The Kier molecular flexibility index (Phi) is 5.65. The summed E-state index contributed by atoms with van der Waals surface area (Å²) in [6.45, 7) is 2.70. The van der Waals surface area contributed by atoms with Crippen molar-refractivity contribution in [3.05, 3.63) is 16.5 Å². The molecule has 0 amide bonds. The van der Waals surface area contributed by atoms with E-state index in [4.69, 9.17) is 4.74 Å². The number of nitrogens with zero attached hydrogens (tertiary/aromatic N) is 2. The van der Waals surface area contributed by atoms with Gasteiger partial charge in [0.2, 0.25) is 0 Å². The number of halogens is 1. The molecule has 0 spiro atoms. The van der Waals surface area contributed by atoms with E-state index in [1.165, 1.54) is 0 Å². The van der Waals surface area contributed by atoms with Gasteiger partial charge in [0.15, 0.2) is 0 Å². The second-order valence-corrected chi connectivity index (χ2v) is 4.15. The maximum atomic E-state index is 9.46. The van der Waals surface area contributed by atoms with Gasteiger partial charge in [0.05, 0.1) is 12.7 Å². The molecule has 6 heteroatoms. The maximum Gasteiger partial charge on any atom is 0.131 e. The van der Waals surface area contributed by atoms with E-state index in [2.05, 4.69) is 31.2 Å². The number of anilines is 1. The number of aryl methyl sites for hydroxylation is 1. The second kappa shape index (κ2) is 6.78. The van der Waals surface area contributed by atoms with Crippen LogP contribution in [0.25, 0.3) is 0 Å². The van der Waals surface area contributed by atoms with Crippen LogP contribution in [0.5, 0.6) is 0 Å². The average molecular weight is 290 g/mol. The summed E-state index contributed by atoms with van der Waals surface area (Å²) in [7, 11) is 1.56. The first-order valence-corrected chi connectivity index (χ1v) is 5.89. The number of rotatable bonds is 6. The number of ether oxygens (including phenoxy) is 1. The van der Waals surface area contributed by atoms with E-state index in [1.54, 1.807) is 13.2 Å². The largest absolute Gasteiger partial charge is 0.389 e. The van der Waals surface area contributed by atoms with Crippen molar-refractivity contribution < 1.29 is 9.84 Å². The molecule has 0 aliphatic rings. The van der Waals surface area contributed by atoms with Gasteiger partial charge >= 0.3 is 0 Å². The number of hydrogen-bond donors (Lipinski definition) is 2. The zero-order valence-electron chi connectivity index (χ0n) is 9.40. The molecular formula is C10H16BrN3O2. The van der Waals surface area contributed by atoms with Gasteiger partial charge in [-0.3, -0.25) is 0 Å². The summed E-state index contributed by atoms with van der Waals surface area (Å²) in [5.74, 6) is 1.46. The Balaban J connectivity index is 2.56. The van der Waals surface area contributed by atoms with Gasteiger partial charge in [-0.2, -0.15) is 0 Å². The molecule has 0 radical (unpaired) electrons. The van der Waals surface area contributed by atoms with E-state index in [-0.39, 0.29) is 0 Å². The lowest BCUT2D eigenvalue weighted by Gasteiger charge is -2.11. The van der Waals surface area contributed by atoms with Crippen LogP contribution in [0.2, 0.25) is 0 Å². The number of aliphatic hydroxyl groups excluding tert-OH is 1. The van der Waals surface area contributed by atoms with Crippen LogP contribution in [0.3, 0.4) is 0 Å². The third kappa shape index (κ3) is 4.42. The zero-order chi connectivity index (χ0) is 12.0. The second-order valence-electron chi connectivity index (χ2n) is 3.34. The third-order valence-electron chi connectivity index (χ3n) is 1.94. The van der Waals surface area contributed by atoms with Crippen molar-refractivity contribution in [3.63, 3.8) is 0 Å². The summed E-state index contributed by atoms with van der Waals surface area (Å²) in [5, 5.41) is 12.5. The van der Waals surface area contributed by atoms with E-state index in [0.29, 0.717) is 19.0 Å². The fourth-order valence-corrected chi connectivity index (χ4v) is 1.61.